The minimum atomic E-state index is -1.63. The number of nitrogens with zero attached hydrogens (tertiary/aromatic N) is 1. The maximum absolute atomic E-state index is 12.7. The van der Waals surface area contributed by atoms with Gasteiger partial charge in [0.2, 0.25) is 0 Å². The van der Waals surface area contributed by atoms with Crippen molar-refractivity contribution in [1.82, 2.24) is 4.98 Å². The molecule has 1 aromatic rings. The van der Waals surface area contributed by atoms with E-state index in [1.54, 1.807) is 13.8 Å². The predicted molar refractivity (Wildman–Crippen MR) is 59.7 cm³/mol. The van der Waals surface area contributed by atoms with Gasteiger partial charge in [-0.25, -0.2) is 4.39 Å². The summed E-state index contributed by atoms with van der Waals surface area (Å²) in [5.41, 5.74) is -1.48. The van der Waals surface area contributed by atoms with Crippen molar-refractivity contribution in [3.05, 3.63) is 29.8 Å². The number of aliphatic carboxylic acids is 1. The van der Waals surface area contributed by atoms with Crippen LogP contribution in [0.4, 0.5) is 4.39 Å². The van der Waals surface area contributed by atoms with Gasteiger partial charge >= 0.3 is 5.97 Å². The zero-order chi connectivity index (χ0) is 13.2. The SMILES string of the molecule is CC(C)C(C(=O)O)C(C)(O)c1ccc(F)cn1. The van der Waals surface area contributed by atoms with Gasteiger partial charge in [0.1, 0.15) is 11.4 Å². The van der Waals surface area contributed by atoms with Crippen LogP contribution in [0, 0.1) is 17.7 Å². The highest BCUT2D eigenvalue weighted by atomic mass is 19.1. The average Bonchev–Trinajstić information content (AvgIpc) is 2.16. The smallest absolute Gasteiger partial charge is 0.310 e. The first kappa shape index (κ1) is 13.6. The van der Waals surface area contributed by atoms with E-state index in [0.29, 0.717) is 0 Å². The number of hydrogen-bond donors (Lipinski definition) is 2. The van der Waals surface area contributed by atoms with Gasteiger partial charge in [0.25, 0.3) is 0 Å². The van der Waals surface area contributed by atoms with Crippen LogP contribution in [0.2, 0.25) is 0 Å². The quantitative estimate of drug-likeness (QED) is 0.843. The molecule has 0 radical (unpaired) electrons. The topological polar surface area (TPSA) is 70.4 Å². The zero-order valence-electron chi connectivity index (χ0n) is 10.0. The van der Waals surface area contributed by atoms with Crippen LogP contribution in [0.1, 0.15) is 26.5 Å². The van der Waals surface area contributed by atoms with Crippen LogP contribution in [0.3, 0.4) is 0 Å². The summed E-state index contributed by atoms with van der Waals surface area (Å²) in [6.45, 7) is 4.79. The van der Waals surface area contributed by atoms with E-state index in [0.717, 1.165) is 12.3 Å². The molecule has 1 rings (SSSR count). The molecule has 0 saturated heterocycles. The van der Waals surface area contributed by atoms with Crippen molar-refractivity contribution in [1.29, 1.82) is 0 Å². The summed E-state index contributed by atoms with van der Waals surface area (Å²) in [4.78, 5) is 14.9. The lowest BCUT2D eigenvalue weighted by atomic mass is 9.78. The third-order valence-corrected chi connectivity index (χ3v) is 2.78. The lowest BCUT2D eigenvalue weighted by Gasteiger charge is -2.32. The lowest BCUT2D eigenvalue weighted by molar-refractivity contribution is -0.155. The van der Waals surface area contributed by atoms with E-state index in [1.807, 2.05) is 0 Å². The first-order valence-corrected chi connectivity index (χ1v) is 5.34. The maximum Gasteiger partial charge on any atom is 0.310 e. The van der Waals surface area contributed by atoms with Gasteiger partial charge in [-0.2, -0.15) is 0 Å². The summed E-state index contributed by atoms with van der Waals surface area (Å²) in [6, 6.07) is 2.45. The molecule has 0 spiro atoms. The van der Waals surface area contributed by atoms with E-state index in [9.17, 15) is 14.3 Å². The normalized spacial score (nSPS) is 16.6. The molecule has 2 N–H and O–H groups in total. The molecule has 5 heteroatoms. The van der Waals surface area contributed by atoms with Gasteiger partial charge in [-0.1, -0.05) is 13.8 Å². The fourth-order valence-corrected chi connectivity index (χ4v) is 2.01. The van der Waals surface area contributed by atoms with Crippen molar-refractivity contribution in [3.8, 4) is 0 Å². The van der Waals surface area contributed by atoms with Crippen molar-refractivity contribution in [2.45, 2.75) is 26.4 Å². The Morgan fingerprint density at radius 2 is 2.06 bits per heavy atom. The standard InChI is InChI=1S/C12H16FNO3/c1-7(2)10(11(15)16)12(3,17)9-5-4-8(13)6-14-9/h4-7,10,17H,1-3H3,(H,15,16). The number of carboxylic acid groups (broad SMARTS) is 1. The fraction of sp³-hybridized carbons (Fsp3) is 0.500. The number of aliphatic hydroxyl groups is 1. The molecule has 2 unspecified atom stereocenters. The highest BCUT2D eigenvalue weighted by molar-refractivity contribution is 5.72. The van der Waals surface area contributed by atoms with Crippen LogP contribution in [0.15, 0.2) is 18.3 Å². The molecule has 0 bridgehead atoms. The summed E-state index contributed by atoms with van der Waals surface area (Å²) < 4.78 is 12.7. The Balaban J connectivity index is 3.15. The van der Waals surface area contributed by atoms with Gasteiger partial charge in [-0.15, -0.1) is 0 Å². The fourth-order valence-electron chi connectivity index (χ4n) is 2.01. The van der Waals surface area contributed by atoms with Gasteiger partial charge < -0.3 is 10.2 Å². The second-order valence-electron chi connectivity index (χ2n) is 4.57. The second kappa shape index (κ2) is 4.79. The number of carboxylic acids is 1. The molecule has 17 heavy (non-hydrogen) atoms. The largest absolute Gasteiger partial charge is 0.481 e. The first-order valence-electron chi connectivity index (χ1n) is 5.34. The molecule has 0 aliphatic carbocycles. The van der Waals surface area contributed by atoms with E-state index in [4.69, 9.17) is 5.11 Å². The molecule has 1 heterocycles. The number of pyridine rings is 1. The third kappa shape index (κ3) is 2.79. The van der Waals surface area contributed by atoms with Crippen LogP contribution >= 0.6 is 0 Å². The zero-order valence-corrected chi connectivity index (χ0v) is 10.0. The second-order valence-corrected chi connectivity index (χ2v) is 4.57. The first-order chi connectivity index (χ1) is 7.76. The van der Waals surface area contributed by atoms with Gasteiger partial charge in [0.15, 0.2) is 0 Å². The summed E-state index contributed by atoms with van der Waals surface area (Å²) in [5, 5.41) is 19.4. The lowest BCUT2D eigenvalue weighted by Crippen LogP contribution is -2.41. The molecule has 94 valence electrons. The number of hydrogen-bond acceptors (Lipinski definition) is 3. The molecule has 0 aliphatic rings. The Morgan fingerprint density at radius 1 is 1.47 bits per heavy atom. The van der Waals surface area contributed by atoms with E-state index in [-0.39, 0.29) is 11.6 Å². The highest BCUT2D eigenvalue weighted by Crippen LogP contribution is 2.33. The van der Waals surface area contributed by atoms with Crippen LogP contribution in [-0.2, 0) is 10.4 Å². The Kier molecular flexibility index (Phi) is 3.83. The van der Waals surface area contributed by atoms with Gasteiger partial charge in [0.05, 0.1) is 17.8 Å². The molecule has 0 amide bonds. The molecular formula is C12H16FNO3. The molecule has 0 aromatic carbocycles. The van der Waals surface area contributed by atoms with Crippen molar-refractivity contribution in [2.75, 3.05) is 0 Å². The molecule has 0 aliphatic heterocycles. The molecule has 4 nitrogen and oxygen atoms in total. The van der Waals surface area contributed by atoms with Crippen molar-refractivity contribution >= 4 is 5.97 Å². The average molecular weight is 241 g/mol. The monoisotopic (exact) mass is 241 g/mol. The molecular weight excluding hydrogens is 225 g/mol. The van der Waals surface area contributed by atoms with Crippen LogP contribution in [0.5, 0.6) is 0 Å². The Hall–Kier alpha value is -1.49. The Morgan fingerprint density at radius 3 is 2.41 bits per heavy atom. The summed E-state index contributed by atoms with van der Waals surface area (Å²) in [7, 11) is 0. The van der Waals surface area contributed by atoms with Gasteiger partial charge in [-0.3, -0.25) is 9.78 Å². The van der Waals surface area contributed by atoms with E-state index in [2.05, 4.69) is 4.98 Å². The number of rotatable bonds is 4. The Labute approximate surface area is 99.1 Å². The predicted octanol–water partition coefficient (Wildman–Crippen LogP) is 1.79. The number of halogens is 1. The van der Waals surface area contributed by atoms with Crippen LogP contribution in [0.25, 0.3) is 0 Å². The molecule has 1 aromatic heterocycles. The van der Waals surface area contributed by atoms with E-state index >= 15 is 0 Å². The maximum atomic E-state index is 12.7. The molecule has 0 saturated carbocycles. The van der Waals surface area contributed by atoms with Crippen molar-refractivity contribution < 1.29 is 19.4 Å². The highest BCUT2D eigenvalue weighted by Gasteiger charge is 2.42. The summed E-state index contributed by atoms with van der Waals surface area (Å²) >= 11 is 0. The van der Waals surface area contributed by atoms with Crippen LogP contribution in [-0.4, -0.2) is 21.2 Å². The summed E-state index contributed by atoms with van der Waals surface area (Å²) in [5.74, 6) is -2.90. The van der Waals surface area contributed by atoms with E-state index in [1.165, 1.54) is 13.0 Å². The minimum Gasteiger partial charge on any atom is -0.481 e. The van der Waals surface area contributed by atoms with E-state index < -0.39 is 23.3 Å². The van der Waals surface area contributed by atoms with Gasteiger partial charge in [-0.05, 0) is 25.0 Å². The molecule has 2 atom stereocenters. The number of aromatic nitrogens is 1. The van der Waals surface area contributed by atoms with Crippen molar-refractivity contribution in [2.24, 2.45) is 11.8 Å². The third-order valence-electron chi connectivity index (χ3n) is 2.78. The minimum absolute atomic E-state index is 0.153. The molecule has 0 fully saturated rings. The van der Waals surface area contributed by atoms with Crippen molar-refractivity contribution in [3.63, 3.8) is 0 Å². The Bertz CT molecular complexity index is 401. The number of carbonyl (C=O) groups is 1. The van der Waals surface area contributed by atoms with Gasteiger partial charge in [0, 0.05) is 0 Å². The summed E-state index contributed by atoms with van der Waals surface area (Å²) in [6.07, 6.45) is 0.961. The van der Waals surface area contributed by atoms with Crippen LogP contribution < -0.4 is 0 Å².